The Bertz CT molecular complexity index is 1130. The number of nitrogens with zero attached hydrogens (tertiary/aromatic N) is 2. The molecular weight excluding hydrogens is 463 g/mol. The highest BCUT2D eigenvalue weighted by Crippen LogP contribution is 2.35. The van der Waals surface area contributed by atoms with E-state index in [-0.39, 0.29) is 5.92 Å². The number of aliphatic carboxylic acids is 1. The second-order valence-electron chi connectivity index (χ2n) is 9.61. The van der Waals surface area contributed by atoms with Crippen molar-refractivity contribution < 1.29 is 19.0 Å². The van der Waals surface area contributed by atoms with Crippen LogP contribution in [0.3, 0.4) is 0 Å². The number of fused-ring (bicyclic) bond motifs is 1. The minimum Gasteiger partial charge on any atom is -0.497 e. The molecule has 35 heavy (non-hydrogen) atoms. The summed E-state index contributed by atoms with van der Waals surface area (Å²) in [6.45, 7) is 4.53. The fourth-order valence-electron chi connectivity index (χ4n) is 5.24. The minimum atomic E-state index is -1.17. The third-order valence-electron chi connectivity index (χ3n) is 7.36. The highest BCUT2D eigenvalue weighted by molar-refractivity contribution is 7.10. The van der Waals surface area contributed by atoms with E-state index in [1.54, 1.807) is 19.4 Å². The zero-order valence-electron chi connectivity index (χ0n) is 20.6. The van der Waals surface area contributed by atoms with Crippen molar-refractivity contribution in [1.29, 1.82) is 0 Å². The molecular formula is C28H35FN2O3S. The molecule has 0 spiro atoms. The largest absolute Gasteiger partial charge is 0.497 e. The molecule has 0 unspecified atom stereocenters. The molecule has 0 bridgehead atoms. The van der Waals surface area contributed by atoms with Crippen molar-refractivity contribution in [2.24, 2.45) is 11.8 Å². The highest BCUT2D eigenvalue weighted by atomic mass is 32.1. The number of hydrogen-bond donors (Lipinski definition) is 1. The number of carboxylic acids is 1. The number of carbonyl (C=O) groups is 1. The number of ether oxygens (including phenoxy) is 1. The Morgan fingerprint density at radius 2 is 2.17 bits per heavy atom. The van der Waals surface area contributed by atoms with Gasteiger partial charge < -0.3 is 14.7 Å². The summed E-state index contributed by atoms with van der Waals surface area (Å²) >= 11 is 1.82. The number of piperidine rings is 1. The molecule has 3 atom stereocenters. The van der Waals surface area contributed by atoms with Crippen LogP contribution >= 0.6 is 11.3 Å². The van der Waals surface area contributed by atoms with Gasteiger partial charge in [0, 0.05) is 23.0 Å². The topological polar surface area (TPSA) is 62.7 Å². The summed E-state index contributed by atoms with van der Waals surface area (Å²) in [5.41, 5.74) is 2.70. The number of halogens is 1. The molecule has 1 N–H and O–H groups in total. The van der Waals surface area contributed by atoms with E-state index in [0.29, 0.717) is 30.7 Å². The van der Waals surface area contributed by atoms with Crippen molar-refractivity contribution in [3.8, 4) is 5.75 Å². The first-order valence-electron chi connectivity index (χ1n) is 12.5. The van der Waals surface area contributed by atoms with E-state index in [0.717, 1.165) is 49.7 Å². The summed E-state index contributed by atoms with van der Waals surface area (Å²) < 4.78 is 20.7. The average molecular weight is 499 g/mol. The van der Waals surface area contributed by atoms with E-state index >= 15 is 4.39 Å². The molecule has 1 saturated heterocycles. The van der Waals surface area contributed by atoms with Gasteiger partial charge in [-0.25, -0.2) is 4.39 Å². The molecule has 1 aromatic carbocycles. The van der Waals surface area contributed by atoms with E-state index in [1.807, 2.05) is 29.5 Å². The van der Waals surface area contributed by atoms with Crippen molar-refractivity contribution in [2.75, 3.05) is 26.7 Å². The van der Waals surface area contributed by atoms with Crippen LogP contribution in [0.1, 0.15) is 54.3 Å². The molecule has 1 fully saturated rings. The maximum absolute atomic E-state index is 15.4. The van der Waals surface area contributed by atoms with Gasteiger partial charge in [-0.2, -0.15) is 0 Å². The van der Waals surface area contributed by atoms with Crippen molar-refractivity contribution in [2.45, 2.75) is 51.6 Å². The number of hydrogen-bond acceptors (Lipinski definition) is 5. The van der Waals surface area contributed by atoms with Crippen LogP contribution in [0, 0.1) is 18.8 Å². The fourth-order valence-corrected chi connectivity index (χ4v) is 6.19. The lowest BCUT2D eigenvalue weighted by Gasteiger charge is -2.37. The van der Waals surface area contributed by atoms with E-state index in [1.165, 1.54) is 10.4 Å². The van der Waals surface area contributed by atoms with E-state index in [4.69, 9.17) is 4.74 Å². The van der Waals surface area contributed by atoms with E-state index < -0.39 is 18.1 Å². The van der Waals surface area contributed by atoms with Crippen molar-refractivity contribution >= 4 is 28.2 Å². The molecule has 0 radical (unpaired) electrons. The SMILES string of the molecule is COc1ccc2nccc([C@H](F)CC[C@@H]3CCN(CCCCc4sccc4C)C[C@@H]3C(=O)O)c2c1. The monoisotopic (exact) mass is 498 g/mol. The molecule has 0 saturated carbocycles. The quantitative estimate of drug-likeness (QED) is 0.308. The summed E-state index contributed by atoms with van der Waals surface area (Å²) in [6.07, 6.45) is 5.43. The van der Waals surface area contributed by atoms with Gasteiger partial charge in [0.05, 0.1) is 18.5 Å². The van der Waals surface area contributed by atoms with Gasteiger partial charge in [0.25, 0.3) is 0 Å². The van der Waals surface area contributed by atoms with Crippen LogP contribution in [0.25, 0.3) is 10.9 Å². The number of aryl methyl sites for hydroxylation is 2. The van der Waals surface area contributed by atoms with Crippen molar-refractivity contribution in [1.82, 2.24) is 9.88 Å². The zero-order chi connectivity index (χ0) is 24.8. The molecule has 0 amide bonds. The van der Waals surface area contributed by atoms with Crippen LogP contribution < -0.4 is 4.74 Å². The average Bonchev–Trinajstić information content (AvgIpc) is 3.29. The Morgan fingerprint density at radius 3 is 2.91 bits per heavy atom. The highest BCUT2D eigenvalue weighted by Gasteiger charge is 2.34. The molecule has 2 aromatic heterocycles. The minimum absolute atomic E-state index is 0.00148. The normalized spacial score (nSPS) is 19.6. The van der Waals surface area contributed by atoms with Gasteiger partial charge in [-0.15, -0.1) is 11.3 Å². The van der Waals surface area contributed by atoms with Gasteiger partial charge in [-0.05, 0) is 111 Å². The van der Waals surface area contributed by atoms with Crippen LogP contribution in [0.15, 0.2) is 41.9 Å². The van der Waals surface area contributed by atoms with Gasteiger partial charge in [0.15, 0.2) is 0 Å². The van der Waals surface area contributed by atoms with Gasteiger partial charge in [-0.3, -0.25) is 9.78 Å². The predicted octanol–water partition coefficient (Wildman–Crippen LogP) is 6.45. The third kappa shape index (κ3) is 6.39. The van der Waals surface area contributed by atoms with Crippen LogP contribution in [0.4, 0.5) is 4.39 Å². The molecule has 3 aromatic rings. The van der Waals surface area contributed by atoms with Gasteiger partial charge in [-0.1, -0.05) is 0 Å². The first kappa shape index (κ1) is 25.6. The Labute approximate surface area is 210 Å². The lowest BCUT2D eigenvalue weighted by atomic mass is 9.81. The number of carboxylic acid groups (broad SMARTS) is 1. The lowest BCUT2D eigenvalue weighted by Crippen LogP contribution is -2.44. The molecule has 3 heterocycles. The zero-order valence-corrected chi connectivity index (χ0v) is 21.4. The van der Waals surface area contributed by atoms with Crippen LogP contribution in [0.5, 0.6) is 5.75 Å². The van der Waals surface area contributed by atoms with Gasteiger partial charge in [0.2, 0.25) is 0 Å². The van der Waals surface area contributed by atoms with E-state index in [2.05, 4.69) is 28.3 Å². The number of pyridine rings is 1. The van der Waals surface area contributed by atoms with Crippen LogP contribution in [0.2, 0.25) is 0 Å². The number of alkyl halides is 1. The molecule has 188 valence electrons. The molecule has 5 nitrogen and oxygen atoms in total. The maximum atomic E-state index is 15.4. The third-order valence-corrected chi connectivity index (χ3v) is 8.45. The number of aromatic nitrogens is 1. The maximum Gasteiger partial charge on any atom is 0.308 e. The smallest absolute Gasteiger partial charge is 0.308 e. The van der Waals surface area contributed by atoms with Gasteiger partial charge >= 0.3 is 5.97 Å². The Balaban J connectivity index is 1.30. The summed E-state index contributed by atoms with van der Waals surface area (Å²) in [7, 11) is 1.59. The second-order valence-corrected chi connectivity index (χ2v) is 10.6. The molecule has 0 aliphatic carbocycles. The Kier molecular flexibility index (Phi) is 8.74. The molecule has 7 heteroatoms. The first-order chi connectivity index (χ1) is 17.0. The number of methoxy groups -OCH3 is 1. The summed E-state index contributed by atoms with van der Waals surface area (Å²) in [5.74, 6) is -0.533. The first-order valence-corrected chi connectivity index (χ1v) is 13.4. The number of likely N-dealkylation sites (tertiary alicyclic amines) is 1. The lowest BCUT2D eigenvalue weighted by molar-refractivity contribution is -0.146. The van der Waals surface area contributed by atoms with E-state index in [9.17, 15) is 9.90 Å². The number of unbranched alkanes of at least 4 members (excludes halogenated alkanes) is 1. The number of thiophene rings is 1. The standard InChI is InChI=1S/C28H35FN2O3S/c1-19-12-16-35-27(19)5-3-4-14-31-15-11-20(24(18-31)28(32)33)6-8-25(29)22-10-13-30-26-9-7-21(34-2)17-23(22)26/h7,9-10,12-13,16-17,20,24-25H,3-6,8,11,14-15,18H2,1-2H3,(H,32,33)/t20-,24+,25-/m1/s1. The predicted molar refractivity (Wildman–Crippen MR) is 139 cm³/mol. The number of benzene rings is 1. The fraction of sp³-hybridized carbons (Fsp3) is 0.500. The van der Waals surface area contributed by atoms with Crippen molar-refractivity contribution in [3.05, 3.63) is 57.9 Å². The molecule has 1 aliphatic rings. The number of rotatable bonds is 11. The van der Waals surface area contributed by atoms with Crippen LogP contribution in [-0.4, -0.2) is 47.7 Å². The van der Waals surface area contributed by atoms with Crippen LogP contribution in [-0.2, 0) is 11.2 Å². The summed E-state index contributed by atoms with van der Waals surface area (Å²) in [5, 5.41) is 12.8. The molecule has 1 aliphatic heterocycles. The molecule has 4 rings (SSSR count). The van der Waals surface area contributed by atoms with Crippen molar-refractivity contribution in [3.63, 3.8) is 0 Å². The summed E-state index contributed by atoms with van der Waals surface area (Å²) in [4.78, 5) is 20.1. The second kappa shape index (κ2) is 12.0. The Hall–Kier alpha value is -2.51. The Morgan fingerprint density at radius 1 is 1.31 bits per heavy atom. The van der Waals surface area contributed by atoms with Gasteiger partial charge in [0.1, 0.15) is 11.9 Å². The summed E-state index contributed by atoms with van der Waals surface area (Å²) in [6, 6.07) is 9.37.